The quantitative estimate of drug-likeness (QED) is 0.782. The van der Waals surface area contributed by atoms with E-state index in [0.29, 0.717) is 0 Å². The van der Waals surface area contributed by atoms with Gasteiger partial charge in [-0.3, -0.25) is 4.79 Å². The summed E-state index contributed by atoms with van der Waals surface area (Å²) >= 11 is 0. The number of allylic oxidation sites excluding steroid dienone is 1. The summed E-state index contributed by atoms with van der Waals surface area (Å²) in [7, 11) is 1.27. The minimum Gasteiger partial charge on any atom is -0.452 e. The standard InChI is InChI=1S/C15H19NO3/c1-4-5-6-14(17)16(15(18)19-3)11-13-9-7-12(2)8-10-13/h4-5,7-10H,6,11H2,1-3H3. The van der Waals surface area contributed by atoms with Crippen LogP contribution in [0, 0.1) is 6.92 Å². The molecule has 19 heavy (non-hydrogen) atoms. The van der Waals surface area contributed by atoms with Crippen molar-refractivity contribution in [2.24, 2.45) is 0 Å². The minimum absolute atomic E-state index is 0.192. The molecule has 0 saturated carbocycles. The molecule has 0 spiro atoms. The van der Waals surface area contributed by atoms with Crippen LogP contribution in [0.3, 0.4) is 0 Å². The van der Waals surface area contributed by atoms with E-state index in [1.54, 1.807) is 12.2 Å². The van der Waals surface area contributed by atoms with Gasteiger partial charge in [0.2, 0.25) is 5.91 Å². The van der Waals surface area contributed by atoms with Crippen molar-refractivity contribution in [2.45, 2.75) is 26.8 Å². The molecule has 0 aromatic heterocycles. The highest BCUT2D eigenvalue weighted by molar-refractivity contribution is 5.92. The molecule has 0 fully saturated rings. The van der Waals surface area contributed by atoms with Crippen molar-refractivity contribution in [3.8, 4) is 0 Å². The van der Waals surface area contributed by atoms with Crippen molar-refractivity contribution in [2.75, 3.05) is 7.11 Å². The zero-order valence-electron chi connectivity index (χ0n) is 11.6. The number of carbonyl (C=O) groups is 2. The lowest BCUT2D eigenvalue weighted by atomic mass is 10.1. The highest BCUT2D eigenvalue weighted by Gasteiger charge is 2.21. The molecule has 0 bridgehead atoms. The van der Waals surface area contributed by atoms with E-state index >= 15 is 0 Å². The van der Waals surface area contributed by atoms with Gasteiger partial charge in [-0.1, -0.05) is 42.0 Å². The Balaban J connectivity index is 2.82. The van der Waals surface area contributed by atoms with Gasteiger partial charge in [0.25, 0.3) is 0 Å². The molecular weight excluding hydrogens is 242 g/mol. The van der Waals surface area contributed by atoms with Gasteiger partial charge in [-0.15, -0.1) is 0 Å². The fourth-order valence-electron chi connectivity index (χ4n) is 1.57. The van der Waals surface area contributed by atoms with Crippen LogP contribution in [0.2, 0.25) is 0 Å². The minimum atomic E-state index is -0.630. The Morgan fingerprint density at radius 1 is 1.26 bits per heavy atom. The number of amides is 2. The predicted octanol–water partition coefficient (Wildman–Crippen LogP) is 3.06. The molecule has 1 rings (SSSR count). The largest absolute Gasteiger partial charge is 0.452 e. The van der Waals surface area contributed by atoms with E-state index in [4.69, 9.17) is 0 Å². The van der Waals surface area contributed by atoms with Crippen molar-refractivity contribution in [3.05, 3.63) is 47.5 Å². The molecule has 2 amide bonds. The van der Waals surface area contributed by atoms with E-state index in [0.717, 1.165) is 16.0 Å². The summed E-state index contributed by atoms with van der Waals surface area (Å²) in [6.45, 7) is 4.04. The second-order valence-corrected chi connectivity index (χ2v) is 4.21. The summed E-state index contributed by atoms with van der Waals surface area (Å²) < 4.78 is 4.65. The summed E-state index contributed by atoms with van der Waals surface area (Å²) in [6, 6.07) is 7.69. The Labute approximate surface area is 113 Å². The van der Waals surface area contributed by atoms with Crippen LogP contribution in [0.4, 0.5) is 4.79 Å². The lowest BCUT2D eigenvalue weighted by Crippen LogP contribution is -2.35. The van der Waals surface area contributed by atoms with Crippen molar-refractivity contribution in [1.29, 1.82) is 0 Å². The summed E-state index contributed by atoms with van der Waals surface area (Å²) in [5.41, 5.74) is 2.03. The Morgan fingerprint density at radius 3 is 2.42 bits per heavy atom. The van der Waals surface area contributed by atoms with Crippen LogP contribution in [0.25, 0.3) is 0 Å². The number of benzene rings is 1. The van der Waals surface area contributed by atoms with Crippen LogP contribution < -0.4 is 0 Å². The molecule has 0 heterocycles. The fourth-order valence-corrected chi connectivity index (χ4v) is 1.57. The van der Waals surface area contributed by atoms with Gasteiger partial charge >= 0.3 is 6.09 Å². The Kier molecular flexibility index (Phi) is 5.79. The van der Waals surface area contributed by atoms with Gasteiger partial charge in [-0.05, 0) is 19.4 Å². The number of rotatable bonds is 4. The molecule has 0 aliphatic rings. The SMILES string of the molecule is CC=CCC(=O)N(Cc1ccc(C)cc1)C(=O)OC. The molecule has 0 aliphatic heterocycles. The molecule has 0 unspecified atom stereocenters. The van der Waals surface area contributed by atoms with Gasteiger partial charge in [-0.25, -0.2) is 9.69 Å². The van der Waals surface area contributed by atoms with Gasteiger partial charge < -0.3 is 4.74 Å². The van der Waals surface area contributed by atoms with Crippen LogP contribution in [-0.4, -0.2) is 24.0 Å². The second kappa shape index (κ2) is 7.36. The molecule has 0 saturated heterocycles. The average molecular weight is 261 g/mol. The van der Waals surface area contributed by atoms with Crippen molar-refractivity contribution >= 4 is 12.0 Å². The summed E-state index contributed by atoms with van der Waals surface area (Å²) in [5.74, 6) is -0.273. The molecule has 0 aliphatic carbocycles. The van der Waals surface area contributed by atoms with Crippen molar-refractivity contribution in [1.82, 2.24) is 4.90 Å². The number of ether oxygens (including phenoxy) is 1. The lowest BCUT2D eigenvalue weighted by molar-refractivity contribution is -0.128. The Hall–Kier alpha value is -2.10. The normalized spacial score (nSPS) is 10.5. The van der Waals surface area contributed by atoms with Gasteiger partial charge in [0, 0.05) is 6.42 Å². The first-order valence-corrected chi connectivity index (χ1v) is 6.13. The van der Waals surface area contributed by atoms with E-state index in [2.05, 4.69) is 4.74 Å². The van der Waals surface area contributed by atoms with Gasteiger partial charge in [-0.2, -0.15) is 0 Å². The number of aryl methyl sites for hydroxylation is 1. The topological polar surface area (TPSA) is 46.6 Å². The second-order valence-electron chi connectivity index (χ2n) is 4.21. The highest BCUT2D eigenvalue weighted by Crippen LogP contribution is 2.09. The van der Waals surface area contributed by atoms with Crippen molar-refractivity contribution < 1.29 is 14.3 Å². The Bertz CT molecular complexity index is 463. The van der Waals surface area contributed by atoms with Crippen LogP contribution >= 0.6 is 0 Å². The fraction of sp³-hybridized carbons (Fsp3) is 0.333. The summed E-state index contributed by atoms with van der Waals surface area (Å²) in [5, 5.41) is 0. The molecule has 0 N–H and O–H groups in total. The Morgan fingerprint density at radius 2 is 1.89 bits per heavy atom. The van der Waals surface area contributed by atoms with E-state index in [1.807, 2.05) is 38.1 Å². The van der Waals surface area contributed by atoms with E-state index in [9.17, 15) is 9.59 Å². The maximum Gasteiger partial charge on any atom is 0.416 e. The maximum atomic E-state index is 11.9. The van der Waals surface area contributed by atoms with E-state index in [-0.39, 0.29) is 18.9 Å². The third kappa shape index (κ3) is 4.58. The molecular formula is C15H19NO3. The van der Waals surface area contributed by atoms with Crippen LogP contribution in [0.5, 0.6) is 0 Å². The zero-order valence-corrected chi connectivity index (χ0v) is 11.6. The third-order valence-corrected chi connectivity index (χ3v) is 2.69. The first-order chi connectivity index (χ1) is 9.08. The predicted molar refractivity (Wildman–Crippen MR) is 73.6 cm³/mol. The maximum absolute atomic E-state index is 11.9. The smallest absolute Gasteiger partial charge is 0.416 e. The zero-order chi connectivity index (χ0) is 14.3. The number of hydrogen-bond donors (Lipinski definition) is 0. The monoisotopic (exact) mass is 261 g/mol. The first kappa shape index (κ1) is 15.0. The number of carbonyl (C=O) groups excluding carboxylic acids is 2. The average Bonchev–Trinajstić information content (AvgIpc) is 2.43. The van der Waals surface area contributed by atoms with Gasteiger partial charge in [0.1, 0.15) is 0 Å². The number of nitrogens with zero attached hydrogens (tertiary/aromatic N) is 1. The molecule has 1 aromatic rings. The summed E-state index contributed by atoms with van der Waals surface area (Å²) in [6.07, 6.45) is 3.06. The highest BCUT2D eigenvalue weighted by atomic mass is 16.5. The number of hydrogen-bond acceptors (Lipinski definition) is 3. The molecule has 0 atom stereocenters. The molecule has 102 valence electrons. The van der Waals surface area contributed by atoms with Crippen LogP contribution in [0.1, 0.15) is 24.5 Å². The number of imide groups is 1. The van der Waals surface area contributed by atoms with Crippen LogP contribution in [0.15, 0.2) is 36.4 Å². The molecule has 4 heteroatoms. The van der Waals surface area contributed by atoms with Gasteiger partial charge in [0.05, 0.1) is 13.7 Å². The van der Waals surface area contributed by atoms with E-state index < -0.39 is 6.09 Å². The van der Waals surface area contributed by atoms with E-state index in [1.165, 1.54) is 7.11 Å². The molecule has 1 aromatic carbocycles. The number of methoxy groups -OCH3 is 1. The van der Waals surface area contributed by atoms with Crippen molar-refractivity contribution in [3.63, 3.8) is 0 Å². The van der Waals surface area contributed by atoms with Crippen LogP contribution in [-0.2, 0) is 16.1 Å². The lowest BCUT2D eigenvalue weighted by Gasteiger charge is -2.18. The summed E-state index contributed by atoms with van der Waals surface area (Å²) in [4.78, 5) is 24.7. The van der Waals surface area contributed by atoms with Gasteiger partial charge in [0.15, 0.2) is 0 Å². The molecule has 0 radical (unpaired) electrons. The first-order valence-electron chi connectivity index (χ1n) is 6.13. The molecule has 4 nitrogen and oxygen atoms in total. The third-order valence-electron chi connectivity index (χ3n) is 2.69.